The molecule has 0 radical (unpaired) electrons. The van der Waals surface area contributed by atoms with Gasteiger partial charge in [0, 0.05) is 12.6 Å². The second-order valence-corrected chi connectivity index (χ2v) is 6.87. The van der Waals surface area contributed by atoms with Crippen LogP contribution in [0.2, 0.25) is 0 Å². The van der Waals surface area contributed by atoms with Crippen LogP contribution in [0.15, 0.2) is 24.3 Å². The Kier molecular flexibility index (Phi) is 5.32. The zero-order valence-corrected chi connectivity index (χ0v) is 13.5. The Morgan fingerprint density at radius 2 is 1.76 bits per heavy atom. The number of piperidine rings is 1. The molecule has 1 heterocycles. The number of hydrogen-bond donors (Lipinski definition) is 1. The molecule has 0 bridgehead atoms. The summed E-state index contributed by atoms with van der Waals surface area (Å²) < 4.78 is 0. The largest absolute Gasteiger partial charge is 0.310 e. The van der Waals surface area contributed by atoms with Crippen molar-refractivity contribution >= 4 is 0 Å². The molecule has 1 saturated heterocycles. The first kappa shape index (κ1) is 15.1. The molecule has 1 aliphatic carbocycles. The van der Waals surface area contributed by atoms with E-state index < -0.39 is 0 Å². The standard InChI is InChI=1S/C19H30N2/c1-2-3-12-21-13-10-19(11-14-21)20-15-16-4-6-17(7-5-16)18-8-9-18/h4-7,18-20H,2-3,8-15H2,1H3. The van der Waals surface area contributed by atoms with E-state index in [4.69, 9.17) is 0 Å². The maximum atomic E-state index is 3.75. The van der Waals surface area contributed by atoms with Gasteiger partial charge in [-0.15, -0.1) is 0 Å². The van der Waals surface area contributed by atoms with Gasteiger partial charge < -0.3 is 10.2 Å². The van der Waals surface area contributed by atoms with Gasteiger partial charge in [-0.1, -0.05) is 37.6 Å². The number of likely N-dealkylation sites (tertiary alicyclic amines) is 1. The van der Waals surface area contributed by atoms with Crippen molar-refractivity contribution in [3.05, 3.63) is 35.4 Å². The molecule has 21 heavy (non-hydrogen) atoms. The first-order valence-corrected chi connectivity index (χ1v) is 8.89. The molecule has 2 heteroatoms. The molecule has 0 aromatic heterocycles. The lowest BCUT2D eigenvalue weighted by Crippen LogP contribution is -2.42. The van der Waals surface area contributed by atoms with Crippen LogP contribution in [-0.2, 0) is 6.54 Å². The van der Waals surface area contributed by atoms with Crippen molar-refractivity contribution in [1.29, 1.82) is 0 Å². The van der Waals surface area contributed by atoms with Crippen molar-refractivity contribution < 1.29 is 0 Å². The van der Waals surface area contributed by atoms with Gasteiger partial charge in [0.05, 0.1) is 0 Å². The normalized spacial score (nSPS) is 20.8. The summed E-state index contributed by atoms with van der Waals surface area (Å²) in [7, 11) is 0. The van der Waals surface area contributed by atoms with Gasteiger partial charge in [-0.2, -0.15) is 0 Å². The number of unbranched alkanes of at least 4 members (excludes halogenated alkanes) is 1. The number of hydrogen-bond acceptors (Lipinski definition) is 2. The van der Waals surface area contributed by atoms with Crippen LogP contribution in [0.25, 0.3) is 0 Å². The van der Waals surface area contributed by atoms with E-state index >= 15 is 0 Å². The van der Waals surface area contributed by atoms with E-state index in [1.165, 1.54) is 63.7 Å². The van der Waals surface area contributed by atoms with E-state index in [1.807, 2.05) is 0 Å². The van der Waals surface area contributed by atoms with Crippen molar-refractivity contribution in [2.75, 3.05) is 19.6 Å². The van der Waals surface area contributed by atoms with Crippen LogP contribution in [0.5, 0.6) is 0 Å². The maximum Gasteiger partial charge on any atom is 0.0208 e. The van der Waals surface area contributed by atoms with E-state index in [0.29, 0.717) is 6.04 Å². The van der Waals surface area contributed by atoms with Gasteiger partial charge in [0.2, 0.25) is 0 Å². The summed E-state index contributed by atoms with van der Waals surface area (Å²) in [6.07, 6.45) is 8.08. The Balaban J connectivity index is 1.37. The van der Waals surface area contributed by atoms with Gasteiger partial charge in [-0.3, -0.25) is 0 Å². The molecule has 116 valence electrons. The second-order valence-electron chi connectivity index (χ2n) is 6.87. The summed E-state index contributed by atoms with van der Waals surface area (Å²) in [5, 5.41) is 3.75. The maximum absolute atomic E-state index is 3.75. The molecular formula is C19H30N2. The predicted octanol–water partition coefficient (Wildman–Crippen LogP) is 3.92. The third kappa shape index (κ3) is 4.55. The van der Waals surface area contributed by atoms with Crippen LogP contribution in [-0.4, -0.2) is 30.6 Å². The van der Waals surface area contributed by atoms with Crippen LogP contribution in [0.4, 0.5) is 0 Å². The smallest absolute Gasteiger partial charge is 0.0208 e. The molecule has 1 aromatic carbocycles. The fraction of sp³-hybridized carbons (Fsp3) is 0.684. The number of nitrogens with zero attached hydrogens (tertiary/aromatic N) is 1. The Bertz CT molecular complexity index is 414. The molecule has 0 atom stereocenters. The predicted molar refractivity (Wildman–Crippen MR) is 89.6 cm³/mol. The third-order valence-corrected chi connectivity index (χ3v) is 5.04. The van der Waals surface area contributed by atoms with Crippen molar-refractivity contribution in [2.45, 2.75) is 64.0 Å². The molecule has 3 rings (SSSR count). The average Bonchev–Trinajstić information content (AvgIpc) is 3.37. The van der Waals surface area contributed by atoms with Crippen molar-refractivity contribution in [3.63, 3.8) is 0 Å². The Morgan fingerprint density at radius 3 is 2.38 bits per heavy atom. The highest BCUT2D eigenvalue weighted by molar-refractivity contribution is 5.28. The molecule has 2 nitrogen and oxygen atoms in total. The second kappa shape index (κ2) is 7.42. The highest BCUT2D eigenvalue weighted by atomic mass is 15.1. The summed E-state index contributed by atoms with van der Waals surface area (Å²) in [6.45, 7) is 7.16. The zero-order chi connectivity index (χ0) is 14.5. The monoisotopic (exact) mass is 286 g/mol. The molecule has 0 spiro atoms. The highest BCUT2D eigenvalue weighted by Gasteiger charge is 2.23. The summed E-state index contributed by atoms with van der Waals surface area (Å²) >= 11 is 0. The summed E-state index contributed by atoms with van der Waals surface area (Å²) in [5.41, 5.74) is 2.98. The number of nitrogens with one attached hydrogen (secondary N) is 1. The molecular weight excluding hydrogens is 256 g/mol. The number of rotatable bonds is 7. The van der Waals surface area contributed by atoms with E-state index in [2.05, 4.69) is 41.4 Å². The van der Waals surface area contributed by atoms with Gasteiger partial charge in [0.1, 0.15) is 0 Å². The van der Waals surface area contributed by atoms with Crippen molar-refractivity contribution in [2.24, 2.45) is 0 Å². The lowest BCUT2D eigenvalue weighted by molar-refractivity contribution is 0.195. The van der Waals surface area contributed by atoms with Crippen molar-refractivity contribution in [1.82, 2.24) is 10.2 Å². The lowest BCUT2D eigenvalue weighted by Gasteiger charge is -2.32. The molecule has 1 aliphatic heterocycles. The van der Waals surface area contributed by atoms with E-state index in [0.717, 1.165) is 12.5 Å². The first-order valence-electron chi connectivity index (χ1n) is 8.89. The topological polar surface area (TPSA) is 15.3 Å². The van der Waals surface area contributed by atoms with Gasteiger partial charge in [-0.05, 0) is 68.8 Å². The lowest BCUT2D eigenvalue weighted by atomic mass is 10.0. The Labute approximate surface area is 129 Å². The molecule has 1 N–H and O–H groups in total. The van der Waals surface area contributed by atoms with E-state index in [9.17, 15) is 0 Å². The molecule has 0 unspecified atom stereocenters. The fourth-order valence-corrected chi connectivity index (χ4v) is 3.33. The van der Waals surface area contributed by atoms with Gasteiger partial charge in [-0.25, -0.2) is 0 Å². The summed E-state index contributed by atoms with van der Waals surface area (Å²) in [4.78, 5) is 2.63. The minimum Gasteiger partial charge on any atom is -0.310 e. The SMILES string of the molecule is CCCCN1CCC(NCc2ccc(C3CC3)cc2)CC1. The first-order chi connectivity index (χ1) is 10.3. The Hall–Kier alpha value is -0.860. The van der Waals surface area contributed by atoms with E-state index in [1.54, 1.807) is 5.56 Å². The van der Waals surface area contributed by atoms with Crippen LogP contribution in [0.1, 0.15) is 62.5 Å². The Morgan fingerprint density at radius 1 is 1.05 bits per heavy atom. The molecule has 0 amide bonds. The third-order valence-electron chi connectivity index (χ3n) is 5.04. The molecule has 2 aliphatic rings. The molecule has 2 fully saturated rings. The minimum absolute atomic E-state index is 0.714. The van der Waals surface area contributed by atoms with Gasteiger partial charge in [0.15, 0.2) is 0 Å². The molecule has 1 aromatic rings. The van der Waals surface area contributed by atoms with Gasteiger partial charge in [0.25, 0.3) is 0 Å². The fourth-order valence-electron chi connectivity index (χ4n) is 3.33. The minimum atomic E-state index is 0.714. The van der Waals surface area contributed by atoms with Gasteiger partial charge >= 0.3 is 0 Å². The average molecular weight is 286 g/mol. The van der Waals surface area contributed by atoms with Crippen LogP contribution < -0.4 is 5.32 Å². The zero-order valence-electron chi connectivity index (χ0n) is 13.5. The number of benzene rings is 1. The van der Waals surface area contributed by atoms with Crippen LogP contribution in [0.3, 0.4) is 0 Å². The summed E-state index contributed by atoms with van der Waals surface area (Å²) in [5.74, 6) is 0.874. The van der Waals surface area contributed by atoms with Crippen LogP contribution >= 0.6 is 0 Å². The quantitative estimate of drug-likeness (QED) is 0.817. The van der Waals surface area contributed by atoms with Crippen molar-refractivity contribution in [3.8, 4) is 0 Å². The highest BCUT2D eigenvalue weighted by Crippen LogP contribution is 2.39. The molecule has 1 saturated carbocycles. The summed E-state index contributed by atoms with van der Waals surface area (Å²) in [6, 6.07) is 10.0. The van der Waals surface area contributed by atoms with Crippen LogP contribution in [0, 0.1) is 0 Å². The van der Waals surface area contributed by atoms with E-state index in [-0.39, 0.29) is 0 Å².